The molecule has 1 fully saturated rings. The lowest BCUT2D eigenvalue weighted by molar-refractivity contribution is -0.142. The topological polar surface area (TPSA) is 80.0 Å². The van der Waals surface area contributed by atoms with Crippen LogP contribution >= 0.6 is 15.9 Å². The quantitative estimate of drug-likeness (QED) is 0.695. The van der Waals surface area contributed by atoms with Crippen molar-refractivity contribution in [3.63, 3.8) is 0 Å². The third kappa shape index (κ3) is 3.90. The molecule has 1 aliphatic rings. The van der Waals surface area contributed by atoms with E-state index in [0.717, 1.165) is 14.9 Å². The summed E-state index contributed by atoms with van der Waals surface area (Å²) in [5, 5.41) is 10.1. The molecule has 3 rings (SSSR count). The lowest BCUT2D eigenvalue weighted by Crippen LogP contribution is -2.42. The second kappa shape index (κ2) is 7.73. The molecular formula is C19H20BrNO5. The van der Waals surface area contributed by atoms with Crippen molar-refractivity contribution in [2.75, 3.05) is 13.2 Å². The van der Waals surface area contributed by atoms with Crippen LogP contribution in [0.2, 0.25) is 0 Å². The van der Waals surface area contributed by atoms with Gasteiger partial charge in [0.05, 0.1) is 30.9 Å². The molecule has 6 nitrogen and oxygen atoms in total. The van der Waals surface area contributed by atoms with Crippen molar-refractivity contribution in [2.45, 2.75) is 31.5 Å². The van der Waals surface area contributed by atoms with E-state index in [9.17, 15) is 14.7 Å². The van der Waals surface area contributed by atoms with E-state index in [2.05, 4.69) is 15.9 Å². The molecule has 2 unspecified atom stereocenters. The Morgan fingerprint density at radius 2 is 2.04 bits per heavy atom. The molecule has 2 amide bonds. The molecule has 2 aromatic rings. The van der Waals surface area contributed by atoms with Crippen molar-refractivity contribution >= 4 is 27.7 Å². The Hall–Kier alpha value is -1.96. The number of aliphatic hydroxyl groups excluding tert-OH is 1. The van der Waals surface area contributed by atoms with E-state index < -0.39 is 11.5 Å². The van der Waals surface area contributed by atoms with Crippen LogP contribution in [-0.2, 0) is 26.3 Å². The first-order valence-electron chi connectivity index (χ1n) is 8.29. The van der Waals surface area contributed by atoms with Crippen LogP contribution in [0.25, 0.3) is 0 Å². The van der Waals surface area contributed by atoms with Gasteiger partial charge >= 0.3 is 0 Å². The number of benzene rings is 1. The summed E-state index contributed by atoms with van der Waals surface area (Å²) in [5.41, 5.74) is -0.128. The van der Waals surface area contributed by atoms with Gasteiger partial charge in [-0.15, -0.1) is 0 Å². The molecule has 0 radical (unpaired) electrons. The molecule has 1 saturated heterocycles. The fraction of sp³-hybridized carbons (Fsp3) is 0.368. The summed E-state index contributed by atoms with van der Waals surface area (Å²) >= 11 is 3.37. The van der Waals surface area contributed by atoms with Gasteiger partial charge in [-0.05, 0) is 36.8 Å². The smallest absolute Gasteiger partial charge is 0.240 e. The van der Waals surface area contributed by atoms with Gasteiger partial charge in [0.25, 0.3) is 0 Å². The molecular weight excluding hydrogens is 402 g/mol. The van der Waals surface area contributed by atoms with Crippen molar-refractivity contribution in [3.05, 3.63) is 58.5 Å². The Kier molecular flexibility index (Phi) is 5.60. The van der Waals surface area contributed by atoms with E-state index in [1.165, 1.54) is 0 Å². The standard InChI is InChI=1S/C19H20BrNO5/c1-19(13-4-6-14(20)7-5-13)9-17(23)21(18(19)24)10-15(22)11-25-12-16-3-2-8-26-16/h2-8,15,22H,9-12H2,1H3. The third-order valence-electron chi connectivity index (χ3n) is 4.53. The van der Waals surface area contributed by atoms with E-state index in [-0.39, 0.29) is 38.0 Å². The number of ether oxygens (including phenoxy) is 1. The number of hydrogen-bond acceptors (Lipinski definition) is 5. The zero-order valence-corrected chi connectivity index (χ0v) is 15.9. The van der Waals surface area contributed by atoms with Crippen LogP contribution in [-0.4, -0.2) is 41.1 Å². The first-order valence-corrected chi connectivity index (χ1v) is 9.08. The predicted octanol–water partition coefficient (Wildman–Crippen LogP) is 2.64. The van der Waals surface area contributed by atoms with Gasteiger partial charge in [0.15, 0.2) is 0 Å². The highest BCUT2D eigenvalue weighted by molar-refractivity contribution is 9.10. The molecule has 1 aliphatic heterocycles. The maximum absolute atomic E-state index is 12.8. The number of imide groups is 1. The van der Waals surface area contributed by atoms with Crippen LogP contribution in [0.3, 0.4) is 0 Å². The number of hydrogen-bond donors (Lipinski definition) is 1. The van der Waals surface area contributed by atoms with Gasteiger partial charge in [-0.3, -0.25) is 14.5 Å². The van der Waals surface area contributed by atoms with Crippen LogP contribution in [0.4, 0.5) is 0 Å². The molecule has 1 N–H and O–H groups in total. The largest absolute Gasteiger partial charge is 0.467 e. The Morgan fingerprint density at radius 3 is 2.69 bits per heavy atom. The van der Waals surface area contributed by atoms with Crippen LogP contribution in [0.15, 0.2) is 51.6 Å². The minimum absolute atomic E-state index is 0.00670. The number of aliphatic hydroxyl groups is 1. The summed E-state index contributed by atoms with van der Waals surface area (Å²) in [6.45, 7) is 1.91. The molecule has 2 heterocycles. The summed E-state index contributed by atoms with van der Waals surface area (Å²) in [4.78, 5) is 26.3. The van der Waals surface area contributed by atoms with Crippen LogP contribution in [0.1, 0.15) is 24.7 Å². The van der Waals surface area contributed by atoms with Gasteiger partial charge in [0, 0.05) is 10.9 Å². The molecule has 26 heavy (non-hydrogen) atoms. The number of nitrogens with zero attached hydrogens (tertiary/aromatic N) is 1. The van der Waals surface area contributed by atoms with Crippen molar-refractivity contribution in [1.29, 1.82) is 0 Å². The van der Waals surface area contributed by atoms with Crippen molar-refractivity contribution in [2.24, 2.45) is 0 Å². The Balaban J connectivity index is 1.60. The molecule has 2 atom stereocenters. The highest BCUT2D eigenvalue weighted by Gasteiger charge is 2.49. The monoisotopic (exact) mass is 421 g/mol. The Morgan fingerprint density at radius 1 is 1.31 bits per heavy atom. The Labute approximate surface area is 159 Å². The van der Waals surface area contributed by atoms with Crippen molar-refractivity contribution in [1.82, 2.24) is 4.90 Å². The van der Waals surface area contributed by atoms with Gasteiger partial charge in [-0.1, -0.05) is 28.1 Å². The number of likely N-dealkylation sites (tertiary alicyclic amines) is 1. The van der Waals surface area contributed by atoms with Crippen LogP contribution in [0, 0.1) is 0 Å². The second-order valence-corrected chi connectivity index (χ2v) is 7.49. The summed E-state index contributed by atoms with van der Waals surface area (Å²) in [6, 6.07) is 10.9. The third-order valence-corrected chi connectivity index (χ3v) is 5.06. The van der Waals surface area contributed by atoms with Gasteiger partial charge in [-0.2, -0.15) is 0 Å². The molecule has 0 bridgehead atoms. The molecule has 7 heteroatoms. The van der Waals surface area contributed by atoms with Gasteiger partial charge < -0.3 is 14.3 Å². The molecule has 1 aromatic carbocycles. The SMILES string of the molecule is CC1(c2ccc(Br)cc2)CC(=O)N(CC(O)COCc2ccco2)C1=O. The lowest BCUT2D eigenvalue weighted by atomic mass is 9.81. The first kappa shape index (κ1) is 18.8. The van der Waals surface area contributed by atoms with Gasteiger partial charge in [0.2, 0.25) is 11.8 Å². The number of β-amino-alcohol motifs (C(OH)–C–C–N with tert-alkyl or cyclic N) is 1. The van der Waals surface area contributed by atoms with E-state index in [1.807, 2.05) is 24.3 Å². The fourth-order valence-electron chi connectivity index (χ4n) is 3.07. The maximum atomic E-state index is 12.8. The number of amides is 2. The zero-order chi connectivity index (χ0) is 18.7. The van der Waals surface area contributed by atoms with E-state index >= 15 is 0 Å². The number of furan rings is 1. The predicted molar refractivity (Wildman–Crippen MR) is 97.2 cm³/mol. The van der Waals surface area contributed by atoms with E-state index in [0.29, 0.717) is 5.76 Å². The van der Waals surface area contributed by atoms with Crippen LogP contribution in [0.5, 0.6) is 0 Å². The number of carbonyl (C=O) groups is 2. The highest BCUT2D eigenvalue weighted by Crippen LogP contribution is 2.36. The number of rotatable bonds is 7. The molecule has 0 aliphatic carbocycles. The number of halogens is 1. The summed E-state index contributed by atoms with van der Waals surface area (Å²) in [6.07, 6.45) is 0.678. The molecule has 0 spiro atoms. The Bertz CT molecular complexity index is 774. The lowest BCUT2D eigenvalue weighted by Gasteiger charge is -2.24. The average molecular weight is 422 g/mol. The van der Waals surface area contributed by atoms with Crippen molar-refractivity contribution < 1.29 is 23.8 Å². The minimum Gasteiger partial charge on any atom is -0.467 e. The van der Waals surface area contributed by atoms with E-state index in [4.69, 9.17) is 9.15 Å². The summed E-state index contributed by atoms with van der Waals surface area (Å²) < 4.78 is 11.4. The number of carbonyl (C=O) groups excluding carboxylic acids is 2. The summed E-state index contributed by atoms with van der Waals surface area (Å²) in [7, 11) is 0. The second-order valence-electron chi connectivity index (χ2n) is 6.57. The minimum atomic E-state index is -0.954. The first-order chi connectivity index (χ1) is 12.4. The zero-order valence-electron chi connectivity index (χ0n) is 14.4. The highest BCUT2D eigenvalue weighted by atomic mass is 79.9. The van der Waals surface area contributed by atoms with E-state index in [1.54, 1.807) is 25.3 Å². The molecule has 0 saturated carbocycles. The summed E-state index contributed by atoms with van der Waals surface area (Å²) in [5.74, 6) is 0.0637. The van der Waals surface area contributed by atoms with Gasteiger partial charge in [0.1, 0.15) is 12.4 Å². The normalized spacial score (nSPS) is 21.4. The van der Waals surface area contributed by atoms with Gasteiger partial charge in [-0.25, -0.2) is 0 Å². The van der Waals surface area contributed by atoms with Crippen LogP contribution < -0.4 is 0 Å². The average Bonchev–Trinajstić information content (AvgIpc) is 3.19. The molecule has 138 valence electrons. The maximum Gasteiger partial charge on any atom is 0.240 e. The van der Waals surface area contributed by atoms with Crippen molar-refractivity contribution in [3.8, 4) is 0 Å². The molecule has 1 aromatic heterocycles. The fourth-order valence-corrected chi connectivity index (χ4v) is 3.33.